The molecule has 0 atom stereocenters. The van der Waals surface area contributed by atoms with E-state index in [2.05, 4.69) is 26.9 Å². The second-order valence-corrected chi connectivity index (χ2v) is 9.52. The van der Waals surface area contributed by atoms with Crippen molar-refractivity contribution in [3.05, 3.63) is 85.2 Å². The van der Waals surface area contributed by atoms with E-state index in [-0.39, 0.29) is 18.3 Å². The van der Waals surface area contributed by atoms with E-state index in [1.165, 1.54) is 5.56 Å². The van der Waals surface area contributed by atoms with Crippen LogP contribution in [0, 0.1) is 0 Å². The molecule has 1 saturated heterocycles. The van der Waals surface area contributed by atoms with Gasteiger partial charge in [0, 0.05) is 42.2 Å². The lowest BCUT2D eigenvalue weighted by Gasteiger charge is -2.34. The van der Waals surface area contributed by atoms with Gasteiger partial charge in [-0.25, -0.2) is 0 Å². The van der Waals surface area contributed by atoms with Crippen LogP contribution in [-0.2, 0) is 13.2 Å². The molecule has 1 aromatic heterocycles. The third-order valence-electron chi connectivity index (χ3n) is 5.21. The highest BCUT2D eigenvalue weighted by molar-refractivity contribution is 9.10. The summed E-state index contributed by atoms with van der Waals surface area (Å²) in [5, 5.41) is 1.05. The number of halogens is 4. The first-order valence-corrected chi connectivity index (χ1v) is 11.9. The van der Waals surface area contributed by atoms with Crippen molar-refractivity contribution in [1.82, 2.24) is 9.80 Å². The van der Waals surface area contributed by atoms with Crippen LogP contribution in [0.3, 0.4) is 0 Å². The van der Waals surface area contributed by atoms with E-state index < -0.39 is 0 Å². The van der Waals surface area contributed by atoms with Crippen molar-refractivity contribution in [3.8, 4) is 5.75 Å². The van der Waals surface area contributed by atoms with Crippen LogP contribution in [-0.4, -0.2) is 41.9 Å². The summed E-state index contributed by atoms with van der Waals surface area (Å²) in [6.45, 7) is 3.84. The molecule has 0 saturated carbocycles. The average molecular weight is 559 g/mol. The zero-order valence-electron chi connectivity index (χ0n) is 17.0. The molecule has 0 unspecified atom stereocenters. The Morgan fingerprint density at radius 3 is 2.38 bits per heavy atom. The zero-order valence-corrected chi connectivity index (χ0v) is 20.8. The molecule has 9 heteroatoms. The van der Waals surface area contributed by atoms with Crippen LogP contribution < -0.4 is 4.74 Å². The predicted octanol–water partition coefficient (Wildman–Crippen LogP) is 6.54. The molecule has 2 aromatic carbocycles. The zero-order chi connectivity index (χ0) is 22.7. The Morgan fingerprint density at radius 2 is 1.69 bits per heavy atom. The highest BCUT2D eigenvalue weighted by atomic mass is 79.9. The number of carbonyl (C=O) groups excluding carboxylic acids is 1. The standard InChI is InChI=1S/C23H20BrCl3N2O3/c24-18-4-2-1-3-15(18)13-28-7-9-29(10-8-28)23(30)21-6-5-17(32-21)14-31-22-19(26)11-16(25)12-20(22)27/h1-6,11-12H,7-10,13-14H2. The molecular weight excluding hydrogens is 539 g/mol. The molecule has 5 nitrogen and oxygen atoms in total. The molecule has 3 aromatic rings. The number of ether oxygens (including phenoxy) is 1. The molecule has 2 heterocycles. The minimum absolute atomic E-state index is 0.0914. The molecule has 0 N–H and O–H groups in total. The highest BCUT2D eigenvalue weighted by Gasteiger charge is 2.24. The molecule has 0 spiro atoms. The van der Waals surface area contributed by atoms with Crippen molar-refractivity contribution in [2.24, 2.45) is 0 Å². The Bertz CT molecular complexity index is 1090. The van der Waals surface area contributed by atoms with E-state index in [1.807, 2.05) is 23.1 Å². The molecule has 0 aliphatic carbocycles. The number of piperazine rings is 1. The van der Waals surface area contributed by atoms with E-state index in [9.17, 15) is 4.79 Å². The molecule has 32 heavy (non-hydrogen) atoms. The molecule has 1 fully saturated rings. The van der Waals surface area contributed by atoms with Crippen molar-refractivity contribution >= 4 is 56.6 Å². The van der Waals surface area contributed by atoms with Gasteiger partial charge in [0.15, 0.2) is 11.5 Å². The van der Waals surface area contributed by atoms with Crippen LogP contribution in [0.15, 0.2) is 57.4 Å². The Hall–Kier alpha value is -1.70. The summed E-state index contributed by atoms with van der Waals surface area (Å²) >= 11 is 21.8. The smallest absolute Gasteiger partial charge is 0.289 e. The van der Waals surface area contributed by atoms with E-state index in [0.717, 1.165) is 24.1 Å². The maximum Gasteiger partial charge on any atom is 0.289 e. The molecule has 1 aliphatic heterocycles. The molecule has 1 aliphatic rings. The normalized spacial score (nSPS) is 14.6. The summed E-state index contributed by atoms with van der Waals surface area (Å²) in [7, 11) is 0. The summed E-state index contributed by atoms with van der Waals surface area (Å²) in [6, 6.07) is 14.7. The van der Waals surface area contributed by atoms with Gasteiger partial charge in [-0.1, -0.05) is 68.9 Å². The first-order valence-electron chi connectivity index (χ1n) is 10.0. The molecule has 4 rings (SSSR count). The number of nitrogens with zero attached hydrogens (tertiary/aromatic N) is 2. The topological polar surface area (TPSA) is 45.9 Å². The van der Waals surface area contributed by atoms with Crippen LogP contribution in [0.4, 0.5) is 0 Å². The maximum absolute atomic E-state index is 12.9. The number of carbonyl (C=O) groups is 1. The summed E-state index contributed by atoms with van der Waals surface area (Å²) in [5.41, 5.74) is 1.24. The number of amides is 1. The number of benzene rings is 2. The monoisotopic (exact) mass is 556 g/mol. The number of hydrogen-bond donors (Lipinski definition) is 0. The fourth-order valence-electron chi connectivity index (χ4n) is 3.51. The van der Waals surface area contributed by atoms with E-state index >= 15 is 0 Å². The van der Waals surface area contributed by atoms with Gasteiger partial charge < -0.3 is 14.1 Å². The molecule has 0 bridgehead atoms. The Morgan fingerprint density at radius 1 is 1.00 bits per heavy atom. The van der Waals surface area contributed by atoms with Crippen LogP contribution >= 0.6 is 50.7 Å². The lowest BCUT2D eigenvalue weighted by atomic mass is 10.2. The minimum atomic E-state index is -0.126. The van der Waals surface area contributed by atoms with Crippen molar-refractivity contribution in [1.29, 1.82) is 0 Å². The van der Waals surface area contributed by atoms with Gasteiger partial charge >= 0.3 is 0 Å². The van der Waals surface area contributed by atoms with Crippen molar-refractivity contribution in [3.63, 3.8) is 0 Å². The number of furan rings is 1. The van der Waals surface area contributed by atoms with Gasteiger partial charge in [0.2, 0.25) is 0 Å². The van der Waals surface area contributed by atoms with Crippen LogP contribution in [0.1, 0.15) is 21.9 Å². The lowest BCUT2D eigenvalue weighted by molar-refractivity contribution is 0.0594. The molecule has 0 radical (unpaired) electrons. The lowest BCUT2D eigenvalue weighted by Crippen LogP contribution is -2.48. The van der Waals surface area contributed by atoms with Gasteiger partial charge in [-0.15, -0.1) is 0 Å². The fourth-order valence-corrected chi connectivity index (χ4v) is 4.85. The van der Waals surface area contributed by atoms with Crippen LogP contribution in [0.5, 0.6) is 5.75 Å². The first-order chi connectivity index (χ1) is 15.4. The van der Waals surface area contributed by atoms with Crippen LogP contribution in [0.25, 0.3) is 0 Å². The van der Waals surface area contributed by atoms with Gasteiger partial charge in [-0.05, 0) is 35.9 Å². The van der Waals surface area contributed by atoms with Gasteiger partial charge in [0.25, 0.3) is 5.91 Å². The van der Waals surface area contributed by atoms with Crippen LogP contribution in [0.2, 0.25) is 15.1 Å². The summed E-state index contributed by atoms with van der Waals surface area (Å²) < 4.78 is 12.5. The van der Waals surface area contributed by atoms with Gasteiger partial charge in [0.1, 0.15) is 12.4 Å². The largest absolute Gasteiger partial charge is 0.483 e. The third kappa shape index (κ3) is 5.61. The maximum atomic E-state index is 12.9. The van der Waals surface area contributed by atoms with Crippen molar-refractivity contribution in [2.75, 3.05) is 26.2 Å². The quantitative estimate of drug-likeness (QED) is 0.345. The predicted molar refractivity (Wildman–Crippen MR) is 130 cm³/mol. The molecular formula is C23H20BrCl3N2O3. The number of rotatable bonds is 6. The second-order valence-electron chi connectivity index (χ2n) is 7.41. The Balaban J connectivity index is 1.31. The Kier molecular flexibility index (Phi) is 7.69. The van der Waals surface area contributed by atoms with E-state index in [0.29, 0.717) is 39.7 Å². The number of hydrogen-bond acceptors (Lipinski definition) is 4. The van der Waals surface area contributed by atoms with Gasteiger partial charge in [0.05, 0.1) is 10.0 Å². The second kappa shape index (κ2) is 10.5. The van der Waals surface area contributed by atoms with Gasteiger partial charge in [-0.3, -0.25) is 9.69 Å². The van der Waals surface area contributed by atoms with Crippen molar-refractivity contribution < 1.29 is 13.9 Å². The summed E-state index contributed by atoms with van der Waals surface area (Å²) in [5.74, 6) is 0.988. The summed E-state index contributed by atoms with van der Waals surface area (Å²) in [4.78, 5) is 17.0. The van der Waals surface area contributed by atoms with Gasteiger partial charge in [-0.2, -0.15) is 0 Å². The Labute approximate surface area is 209 Å². The SMILES string of the molecule is O=C(c1ccc(COc2c(Cl)cc(Cl)cc2Cl)o1)N1CCN(Cc2ccccc2Br)CC1. The average Bonchev–Trinajstić information content (AvgIpc) is 3.24. The van der Waals surface area contributed by atoms with E-state index in [1.54, 1.807) is 24.3 Å². The molecule has 168 valence electrons. The first kappa shape index (κ1) is 23.5. The molecule has 1 amide bonds. The third-order valence-corrected chi connectivity index (χ3v) is 6.76. The van der Waals surface area contributed by atoms with E-state index in [4.69, 9.17) is 44.0 Å². The highest BCUT2D eigenvalue weighted by Crippen LogP contribution is 2.36. The summed E-state index contributed by atoms with van der Waals surface area (Å²) in [6.07, 6.45) is 0. The minimum Gasteiger partial charge on any atom is -0.483 e. The fraction of sp³-hybridized carbons (Fsp3) is 0.261. The van der Waals surface area contributed by atoms with Crippen molar-refractivity contribution in [2.45, 2.75) is 13.2 Å².